The Morgan fingerprint density at radius 1 is 1.25 bits per heavy atom. The molecule has 0 atom stereocenters. The molecule has 6 nitrogen and oxygen atoms in total. The van der Waals surface area contributed by atoms with Crippen LogP contribution in [0.3, 0.4) is 0 Å². The van der Waals surface area contributed by atoms with Crippen molar-refractivity contribution in [3.8, 4) is 11.5 Å². The average Bonchev–Trinajstić information content (AvgIpc) is 2.83. The quantitative estimate of drug-likeness (QED) is 0.892. The summed E-state index contributed by atoms with van der Waals surface area (Å²) in [5, 5.41) is 9.93. The molecule has 1 aromatic heterocycles. The Labute approximate surface area is 125 Å². The molecule has 0 bridgehead atoms. The fourth-order valence-electron chi connectivity index (χ4n) is 2.03. The molecule has 0 amide bonds. The Bertz CT molecular complexity index is 574. The summed E-state index contributed by atoms with van der Waals surface area (Å²) in [6.45, 7) is 2.74. The highest BCUT2D eigenvalue weighted by molar-refractivity contribution is 9.10. The number of aromatic nitrogens is 3. The van der Waals surface area contributed by atoms with Gasteiger partial charge in [0.25, 0.3) is 0 Å². The van der Waals surface area contributed by atoms with Crippen molar-refractivity contribution in [2.75, 3.05) is 13.2 Å². The monoisotopic (exact) mass is 338 g/mol. The predicted molar refractivity (Wildman–Crippen MR) is 76.7 cm³/mol. The lowest BCUT2D eigenvalue weighted by Gasteiger charge is -2.12. The summed E-state index contributed by atoms with van der Waals surface area (Å²) in [6.07, 6.45) is 2.40. The molecule has 2 heterocycles. The first-order valence-electron chi connectivity index (χ1n) is 6.46. The number of hydrogen-bond donors (Lipinski definition) is 2. The molecule has 1 aliphatic rings. The summed E-state index contributed by atoms with van der Waals surface area (Å²) in [6, 6.07) is 4.06. The van der Waals surface area contributed by atoms with Gasteiger partial charge in [-0.3, -0.25) is 5.10 Å². The van der Waals surface area contributed by atoms with Gasteiger partial charge >= 0.3 is 0 Å². The second-order valence-electron chi connectivity index (χ2n) is 4.49. The summed E-state index contributed by atoms with van der Waals surface area (Å²) in [5.41, 5.74) is 1.13. The van der Waals surface area contributed by atoms with Crippen LogP contribution in [-0.4, -0.2) is 28.4 Å². The zero-order valence-electron chi connectivity index (χ0n) is 10.9. The highest BCUT2D eigenvalue weighted by Gasteiger charge is 2.15. The number of H-pyrrole nitrogens is 1. The van der Waals surface area contributed by atoms with Gasteiger partial charge in [0.05, 0.1) is 24.2 Å². The Balaban J connectivity index is 1.67. The number of halogens is 1. The van der Waals surface area contributed by atoms with Crippen molar-refractivity contribution in [3.05, 3.63) is 34.3 Å². The van der Waals surface area contributed by atoms with Gasteiger partial charge in [-0.05, 0) is 33.6 Å². The molecular formula is C13H15BrN4O2. The summed E-state index contributed by atoms with van der Waals surface area (Å²) in [5.74, 6) is 2.41. The molecular weight excluding hydrogens is 324 g/mol. The topological polar surface area (TPSA) is 72.1 Å². The standard InChI is InChI=1S/C13H15BrN4O2/c14-10-4-9(6-15-7-12-16-8-17-18-12)5-11-13(10)20-3-1-2-19-11/h4-5,8,15H,1-3,6-7H2,(H,16,17,18). The second-order valence-corrected chi connectivity index (χ2v) is 5.35. The van der Waals surface area contributed by atoms with Crippen LogP contribution < -0.4 is 14.8 Å². The van der Waals surface area contributed by atoms with Crippen LogP contribution in [0, 0.1) is 0 Å². The van der Waals surface area contributed by atoms with Gasteiger partial charge in [0.1, 0.15) is 12.2 Å². The number of nitrogens with zero attached hydrogens (tertiary/aromatic N) is 2. The van der Waals surface area contributed by atoms with Crippen molar-refractivity contribution in [2.45, 2.75) is 19.5 Å². The summed E-state index contributed by atoms with van der Waals surface area (Å²) in [7, 11) is 0. The van der Waals surface area contributed by atoms with Crippen molar-refractivity contribution in [1.82, 2.24) is 20.5 Å². The fourth-order valence-corrected chi connectivity index (χ4v) is 2.63. The number of fused-ring (bicyclic) bond motifs is 1. The maximum absolute atomic E-state index is 5.71. The van der Waals surface area contributed by atoms with Crippen LogP contribution >= 0.6 is 15.9 Å². The zero-order chi connectivity index (χ0) is 13.8. The minimum atomic E-state index is 0.645. The lowest BCUT2D eigenvalue weighted by molar-refractivity contribution is 0.296. The van der Waals surface area contributed by atoms with E-state index in [-0.39, 0.29) is 0 Å². The number of benzene rings is 1. The molecule has 106 valence electrons. The van der Waals surface area contributed by atoms with Crippen LogP contribution in [0.15, 0.2) is 22.9 Å². The first-order valence-corrected chi connectivity index (χ1v) is 7.25. The first-order chi connectivity index (χ1) is 9.83. The minimum Gasteiger partial charge on any atom is -0.490 e. The predicted octanol–water partition coefficient (Wildman–Crippen LogP) is 2.02. The van der Waals surface area contributed by atoms with Gasteiger partial charge in [-0.1, -0.05) is 0 Å². The molecule has 0 saturated carbocycles. The second kappa shape index (κ2) is 6.23. The van der Waals surface area contributed by atoms with Crippen LogP contribution in [0.2, 0.25) is 0 Å². The Morgan fingerprint density at radius 3 is 3.00 bits per heavy atom. The van der Waals surface area contributed by atoms with E-state index in [1.165, 1.54) is 6.33 Å². The highest BCUT2D eigenvalue weighted by Crippen LogP contribution is 2.38. The van der Waals surface area contributed by atoms with Gasteiger partial charge in [-0.2, -0.15) is 5.10 Å². The Kier molecular flexibility index (Phi) is 4.17. The fraction of sp³-hybridized carbons (Fsp3) is 0.385. The number of ether oxygens (including phenoxy) is 2. The van der Waals surface area contributed by atoms with Crippen LogP contribution in [0.5, 0.6) is 11.5 Å². The van der Waals surface area contributed by atoms with E-state index >= 15 is 0 Å². The van der Waals surface area contributed by atoms with Crippen molar-refractivity contribution >= 4 is 15.9 Å². The van der Waals surface area contributed by atoms with E-state index in [0.717, 1.165) is 40.3 Å². The van der Waals surface area contributed by atoms with Gasteiger partial charge in [0.15, 0.2) is 11.5 Å². The van der Waals surface area contributed by atoms with Gasteiger partial charge < -0.3 is 14.8 Å². The Morgan fingerprint density at radius 2 is 2.15 bits per heavy atom. The third-order valence-corrected chi connectivity index (χ3v) is 3.54. The van der Waals surface area contributed by atoms with Crippen molar-refractivity contribution < 1.29 is 9.47 Å². The van der Waals surface area contributed by atoms with Crippen LogP contribution in [0.4, 0.5) is 0 Å². The number of nitrogens with one attached hydrogen (secondary N) is 2. The zero-order valence-corrected chi connectivity index (χ0v) is 12.4. The molecule has 1 aromatic carbocycles. The molecule has 0 aliphatic carbocycles. The molecule has 0 spiro atoms. The number of aromatic amines is 1. The number of rotatable bonds is 4. The molecule has 0 fully saturated rings. The summed E-state index contributed by atoms with van der Waals surface area (Å²) >= 11 is 3.54. The lowest BCUT2D eigenvalue weighted by Crippen LogP contribution is -2.14. The van der Waals surface area contributed by atoms with Crippen LogP contribution in [-0.2, 0) is 13.1 Å². The van der Waals surface area contributed by atoms with Gasteiger partial charge in [-0.25, -0.2) is 4.98 Å². The maximum atomic E-state index is 5.71. The molecule has 3 rings (SSSR count). The maximum Gasteiger partial charge on any atom is 0.175 e. The lowest BCUT2D eigenvalue weighted by atomic mass is 10.2. The van der Waals surface area contributed by atoms with Crippen molar-refractivity contribution in [1.29, 1.82) is 0 Å². The smallest absolute Gasteiger partial charge is 0.175 e. The summed E-state index contributed by atoms with van der Waals surface area (Å²) < 4.78 is 12.3. The molecule has 0 saturated heterocycles. The first kappa shape index (κ1) is 13.4. The Hall–Kier alpha value is -1.60. The summed E-state index contributed by atoms with van der Waals surface area (Å²) in [4.78, 5) is 4.06. The molecule has 20 heavy (non-hydrogen) atoms. The minimum absolute atomic E-state index is 0.645. The van der Waals surface area contributed by atoms with E-state index in [4.69, 9.17) is 9.47 Å². The SMILES string of the molecule is Brc1cc(CNCc2ncn[nH]2)cc2c1OCCCO2. The van der Waals surface area contributed by atoms with E-state index in [2.05, 4.69) is 36.4 Å². The van der Waals surface area contributed by atoms with E-state index in [9.17, 15) is 0 Å². The third kappa shape index (κ3) is 3.10. The van der Waals surface area contributed by atoms with Gasteiger partial charge in [0.2, 0.25) is 0 Å². The van der Waals surface area contributed by atoms with E-state index in [1.54, 1.807) is 0 Å². The molecule has 0 unspecified atom stereocenters. The largest absolute Gasteiger partial charge is 0.490 e. The van der Waals surface area contributed by atoms with E-state index < -0.39 is 0 Å². The van der Waals surface area contributed by atoms with E-state index in [0.29, 0.717) is 19.8 Å². The van der Waals surface area contributed by atoms with Crippen LogP contribution in [0.25, 0.3) is 0 Å². The van der Waals surface area contributed by atoms with Crippen LogP contribution in [0.1, 0.15) is 17.8 Å². The molecule has 1 aliphatic heterocycles. The number of hydrogen-bond acceptors (Lipinski definition) is 5. The molecule has 0 radical (unpaired) electrons. The van der Waals surface area contributed by atoms with Crippen molar-refractivity contribution in [2.24, 2.45) is 0 Å². The van der Waals surface area contributed by atoms with Crippen molar-refractivity contribution in [3.63, 3.8) is 0 Å². The molecule has 7 heteroatoms. The van der Waals surface area contributed by atoms with Gasteiger partial charge in [0, 0.05) is 13.0 Å². The third-order valence-electron chi connectivity index (χ3n) is 2.95. The highest BCUT2D eigenvalue weighted by atomic mass is 79.9. The van der Waals surface area contributed by atoms with E-state index in [1.807, 2.05) is 12.1 Å². The van der Waals surface area contributed by atoms with Gasteiger partial charge in [-0.15, -0.1) is 0 Å². The average molecular weight is 339 g/mol. The molecule has 2 aromatic rings. The molecule has 2 N–H and O–H groups in total. The normalized spacial score (nSPS) is 14.1.